The van der Waals surface area contributed by atoms with Gasteiger partial charge in [0.25, 0.3) is 0 Å². The van der Waals surface area contributed by atoms with Gasteiger partial charge in [0.15, 0.2) is 0 Å². The van der Waals surface area contributed by atoms with Crippen molar-refractivity contribution in [1.82, 2.24) is 20.3 Å². The van der Waals surface area contributed by atoms with Gasteiger partial charge in [-0.3, -0.25) is 9.59 Å². The molecule has 1 fully saturated rings. The maximum absolute atomic E-state index is 12.9. The van der Waals surface area contributed by atoms with E-state index in [1.54, 1.807) is 6.07 Å². The highest BCUT2D eigenvalue weighted by atomic mass is 35.5. The minimum Gasteiger partial charge on any atom is -0.480 e. The number of carbonyl (C=O) groups is 2. The number of aromatic nitrogens is 3. The molecule has 0 radical (unpaired) electrons. The Bertz CT molecular complexity index is 784. The maximum Gasteiger partial charge on any atom is 0.325 e. The average molecular weight is 363 g/mol. The van der Waals surface area contributed by atoms with Crippen LogP contribution in [0.2, 0.25) is 5.02 Å². The van der Waals surface area contributed by atoms with Crippen molar-refractivity contribution in [3.8, 4) is 0 Å². The van der Waals surface area contributed by atoms with Gasteiger partial charge in [0.2, 0.25) is 5.91 Å². The molecule has 1 aromatic heterocycles. The second kappa shape index (κ2) is 7.23. The van der Waals surface area contributed by atoms with Crippen LogP contribution in [0.4, 0.5) is 0 Å². The Morgan fingerprint density at radius 3 is 2.76 bits per heavy atom. The zero-order chi connectivity index (χ0) is 17.9. The first kappa shape index (κ1) is 17.4. The number of hydrogen-bond acceptors (Lipinski definition) is 4. The standard InChI is InChI=1S/C17H19ClN4O3/c18-13-5-3-4-12(8-13)17(6-1-2-7-17)16(25)19-9-14-10-22(21-20-14)11-15(23)24/h3-5,8,10H,1-2,6-7,9,11H2,(H,19,25)(H,23,24). The van der Waals surface area contributed by atoms with Crippen molar-refractivity contribution >= 4 is 23.5 Å². The van der Waals surface area contributed by atoms with E-state index >= 15 is 0 Å². The van der Waals surface area contributed by atoms with E-state index in [2.05, 4.69) is 15.6 Å². The van der Waals surface area contributed by atoms with Gasteiger partial charge in [-0.15, -0.1) is 5.10 Å². The van der Waals surface area contributed by atoms with Gasteiger partial charge in [0, 0.05) is 5.02 Å². The maximum atomic E-state index is 12.9. The topological polar surface area (TPSA) is 97.1 Å². The lowest BCUT2D eigenvalue weighted by molar-refractivity contribution is -0.138. The van der Waals surface area contributed by atoms with E-state index in [1.165, 1.54) is 10.9 Å². The number of amides is 1. The predicted molar refractivity (Wildman–Crippen MR) is 91.1 cm³/mol. The molecule has 1 heterocycles. The van der Waals surface area contributed by atoms with Crippen molar-refractivity contribution < 1.29 is 14.7 Å². The third-order valence-corrected chi connectivity index (χ3v) is 4.82. The SMILES string of the molecule is O=C(O)Cn1cc(CNC(=O)C2(c3cccc(Cl)c3)CCCC2)nn1. The molecule has 1 saturated carbocycles. The fourth-order valence-electron chi connectivity index (χ4n) is 3.39. The van der Waals surface area contributed by atoms with E-state index in [9.17, 15) is 9.59 Å². The third kappa shape index (κ3) is 3.82. The molecule has 25 heavy (non-hydrogen) atoms. The molecule has 1 aliphatic rings. The van der Waals surface area contributed by atoms with Crippen LogP contribution in [-0.2, 0) is 28.1 Å². The molecule has 2 N–H and O–H groups in total. The number of halogens is 1. The highest BCUT2D eigenvalue weighted by molar-refractivity contribution is 6.30. The summed E-state index contributed by atoms with van der Waals surface area (Å²) in [6, 6.07) is 7.46. The lowest BCUT2D eigenvalue weighted by atomic mass is 9.78. The monoisotopic (exact) mass is 362 g/mol. The second-order valence-corrected chi connectivity index (χ2v) is 6.72. The molecular weight excluding hydrogens is 344 g/mol. The summed E-state index contributed by atoms with van der Waals surface area (Å²) in [5.74, 6) is -1.05. The molecule has 0 bridgehead atoms. The van der Waals surface area contributed by atoms with Crippen LogP contribution in [0, 0.1) is 0 Å². The van der Waals surface area contributed by atoms with Crippen molar-refractivity contribution in [3.63, 3.8) is 0 Å². The van der Waals surface area contributed by atoms with Gasteiger partial charge in [-0.2, -0.15) is 0 Å². The summed E-state index contributed by atoms with van der Waals surface area (Å²) in [5, 5.41) is 19.9. The largest absolute Gasteiger partial charge is 0.480 e. The fraction of sp³-hybridized carbons (Fsp3) is 0.412. The summed E-state index contributed by atoms with van der Waals surface area (Å²) < 4.78 is 1.23. The van der Waals surface area contributed by atoms with E-state index in [0.717, 1.165) is 31.2 Å². The van der Waals surface area contributed by atoms with E-state index in [1.807, 2.05) is 18.2 Å². The fourth-order valence-corrected chi connectivity index (χ4v) is 3.58. The number of carboxylic acids is 1. The highest BCUT2D eigenvalue weighted by Crippen LogP contribution is 2.42. The summed E-state index contributed by atoms with van der Waals surface area (Å²) in [7, 11) is 0. The molecule has 3 rings (SSSR count). The van der Waals surface area contributed by atoms with Gasteiger partial charge >= 0.3 is 5.97 Å². The smallest absolute Gasteiger partial charge is 0.325 e. The Balaban J connectivity index is 1.72. The lowest BCUT2D eigenvalue weighted by Crippen LogP contribution is -2.42. The van der Waals surface area contributed by atoms with Crippen LogP contribution < -0.4 is 5.32 Å². The van der Waals surface area contributed by atoms with E-state index < -0.39 is 11.4 Å². The lowest BCUT2D eigenvalue weighted by Gasteiger charge is -2.28. The van der Waals surface area contributed by atoms with Crippen molar-refractivity contribution in [2.24, 2.45) is 0 Å². The Morgan fingerprint density at radius 1 is 1.32 bits per heavy atom. The summed E-state index contributed by atoms with van der Waals surface area (Å²) in [5.41, 5.74) is 0.889. The second-order valence-electron chi connectivity index (χ2n) is 6.28. The molecule has 0 aliphatic heterocycles. The number of rotatable bonds is 6. The summed E-state index contributed by atoms with van der Waals surface area (Å²) in [4.78, 5) is 23.6. The zero-order valence-electron chi connectivity index (χ0n) is 13.6. The van der Waals surface area contributed by atoms with E-state index in [-0.39, 0.29) is 19.0 Å². The van der Waals surface area contributed by atoms with Crippen molar-refractivity contribution in [2.75, 3.05) is 0 Å². The van der Waals surface area contributed by atoms with Crippen LogP contribution in [0.15, 0.2) is 30.5 Å². The highest BCUT2D eigenvalue weighted by Gasteiger charge is 2.42. The van der Waals surface area contributed by atoms with Gasteiger partial charge in [-0.1, -0.05) is 41.8 Å². The number of carbonyl (C=O) groups excluding carboxylic acids is 1. The molecule has 1 aliphatic carbocycles. The van der Waals surface area contributed by atoms with Gasteiger partial charge in [-0.05, 0) is 30.5 Å². The van der Waals surface area contributed by atoms with Crippen molar-refractivity contribution in [2.45, 2.75) is 44.2 Å². The Morgan fingerprint density at radius 2 is 2.08 bits per heavy atom. The number of carboxylic acid groups (broad SMARTS) is 1. The van der Waals surface area contributed by atoms with Gasteiger partial charge in [-0.25, -0.2) is 4.68 Å². The molecule has 0 unspecified atom stereocenters. The van der Waals surface area contributed by atoms with Crippen LogP contribution in [0.3, 0.4) is 0 Å². The molecule has 1 amide bonds. The molecule has 0 spiro atoms. The Hall–Kier alpha value is -2.41. The van der Waals surface area contributed by atoms with Gasteiger partial charge in [0.05, 0.1) is 18.2 Å². The summed E-state index contributed by atoms with van der Waals surface area (Å²) in [6.07, 6.45) is 5.08. The molecular formula is C17H19ClN4O3. The zero-order valence-corrected chi connectivity index (χ0v) is 14.4. The molecule has 8 heteroatoms. The Kier molecular flexibility index (Phi) is 5.03. The first-order chi connectivity index (χ1) is 12.0. The first-order valence-corrected chi connectivity index (χ1v) is 8.52. The molecule has 1 aromatic carbocycles. The Labute approximate surface area is 150 Å². The van der Waals surface area contributed by atoms with E-state index in [4.69, 9.17) is 16.7 Å². The molecule has 0 atom stereocenters. The number of hydrogen-bond donors (Lipinski definition) is 2. The van der Waals surface area contributed by atoms with Gasteiger partial charge < -0.3 is 10.4 Å². The minimum absolute atomic E-state index is 0.0555. The number of nitrogens with zero attached hydrogens (tertiary/aromatic N) is 3. The van der Waals surface area contributed by atoms with Gasteiger partial charge in [0.1, 0.15) is 12.2 Å². The minimum atomic E-state index is -0.994. The normalized spacial score (nSPS) is 15.9. The predicted octanol–water partition coefficient (Wildman–Crippen LogP) is 2.14. The number of benzene rings is 1. The molecule has 132 valence electrons. The molecule has 7 nitrogen and oxygen atoms in total. The quantitative estimate of drug-likeness (QED) is 0.820. The van der Waals surface area contributed by atoms with E-state index in [0.29, 0.717) is 10.7 Å². The number of nitrogens with one attached hydrogen (secondary N) is 1. The molecule has 2 aromatic rings. The average Bonchev–Trinajstić information content (AvgIpc) is 3.22. The molecule has 0 saturated heterocycles. The van der Waals surface area contributed by atoms with Crippen LogP contribution >= 0.6 is 11.6 Å². The van der Waals surface area contributed by atoms with Crippen LogP contribution in [-0.4, -0.2) is 32.0 Å². The third-order valence-electron chi connectivity index (χ3n) is 4.58. The van der Waals surface area contributed by atoms with Crippen LogP contribution in [0.1, 0.15) is 36.9 Å². The van der Waals surface area contributed by atoms with Crippen LogP contribution in [0.25, 0.3) is 0 Å². The summed E-state index contributed by atoms with van der Waals surface area (Å²) >= 11 is 6.11. The summed E-state index contributed by atoms with van der Waals surface area (Å²) in [6.45, 7) is -0.0475. The number of aliphatic carboxylic acids is 1. The van der Waals surface area contributed by atoms with Crippen molar-refractivity contribution in [1.29, 1.82) is 0 Å². The van der Waals surface area contributed by atoms with Crippen LogP contribution in [0.5, 0.6) is 0 Å². The van der Waals surface area contributed by atoms with Crippen molar-refractivity contribution in [3.05, 3.63) is 46.7 Å². The first-order valence-electron chi connectivity index (χ1n) is 8.15.